The summed E-state index contributed by atoms with van der Waals surface area (Å²) in [5.41, 5.74) is 8.29. The van der Waals surface area contributed by atoms with Gasteiger partial charge in [-0.05, 0) is 38.1 Å². The molecule has 2 aromatic rings. The zero-order valence-electron chi connectivity index (χ0n) is 12.7. The van der Waals surface area contributed by atoms with E-state index in [1.54, 1.807) is 12.1 Å². The Morgan fingerprint density at radius 3 is 2.23 bits per heavy atom. The molecule has 22 heavy (non-hydrogen) atoms. The molecule has 1 atom stereocenters. The molecule has 0 aliphatic carbocycles. The Labute approximate surface area is 139 Å². The largest absolute Gasteiger partial charge is 0.447 e. The van der Waals surface area contributed by atoms with Crippen molar-refractivity contribution < 1.29 is 9.84 Å². The van der Waals surface area contributed by atoms with Gasteiger partial charge in [0.1, 0.15) is 0 Å². The fourth-order valence-corrected chi connectivity index (χ4v) is 2.76. The standard InChI is InChI=1S/C15H19Cl2N3O2/c1-4-18-19-15(21)22-14-12(16)7-11(8-13(14)17)20-9(2)5-6-10(20)3/h5-8,15,18-19,21H,4H2,1-3H3. The summed E-state index contributed by atoms with van der Waals surface area (Å²) in [6.45, 7) is 6.52. The van der Waals surface area contributed by atoms with E-state index >= 15 is 0 Å². The van der Waals surface area contributed by atoms with Crippen molar-refractivity contribution in [2.45, 2.75) is 27.2 Å². The van der Waals surface area contributed by atoms with Gasteiger partial charge in [-0.25, -0.2) is 0 Å². The number of aliphatic hydroxyl groups is 1. The number of benzene rings is 1. The molecule has 0 bridgehead atoms. The highest BCUT2D eigenvalue weighted by Gasteiger charge is 2.15. The SMILES string of the molecule is CCNNC(O)Oc1c(Cl)cc(-n2c(C)ccc2C)cc1Cl. The van der Waals surface area contributed by atoms with Gasteiger partial charge in [-0.2, -0.15) is 5.43 Å². The number of hydrogen-bond acceptors (Lipinski definition) is 4. The Hall–Kier alpha value is -1.24. The van der Waals surface area contributed by atoms with Crippen LogP contribution in [0.4, 0.5) is 0 Å². The van der Waals surface area contributed by atoms with Crippen molar-refractivity contribution in [1.29, 1.82) is 0 Å². The van der Waals surface area contributed by atoms with Gasteiger partial charge in [0, 0.05) is 23.6 Å². The van der Waals surface area contributed by atoms with Crippen LogP contribution in [0.5, 0.6) is 5.75 Å². The molecule has 0 aliphatic rings. The molecule has 0 aliphatic heterocycles. The maximum atomic E-state index is 9.71. The Bertz CT molecular complexity index is 616. The lowest BCUT2D eigenvalue weighted by Crippen LogP contribution is -2.43. The number of ether oxygens (including phenoxy) is 1. The fraction of sp³-hybridized carbons (Fsp3) is 0.333. The van der Waals surface area contributed by atoms with Crippen molar-refractivity contribution in [2.75, 3.05) is 6.54 Å². The quantitative estimate of drug-likeness (QED) is 0.557. The number of hydrazine groups is 1. The molecule has 2 rings (SSSR count). The molecule has 0 radical (unpaired) electrons. The molecule has 120 valence electrons. The second-order valence-corrected chi connectivity index (χ2v) is 5.65. The third kappa shape index (κ3) is 3.74. The van der Waals surface area contributed by atoms with Gasteiger partial charge >= 0.3 is 0 Å². The number of nitrogens with one attached hydrogen (secondary N) is 2. The van der Waals surface area contributed by atoms with Gasteiger partial charge in [-0.1, -0.05) is 30.1 Å². The van der Waals surface area contributed by atoms with Crippen LogP contribution in [-0.4, -0.2) is 22.6 Å². The molecule has 1 unspecified atom stereocenters. The van der Waals surface area contributed by atoms with Crippen LogP contribution >= 0.6 is 23.2 Å². The smallest absolute Gasteiger partial charge is 0.269 e. The topological polar surface area (TPSA) is 58.4 Å². The second-order valence-electron chi connectivity index (χ2n) is 4.83. The second kappa shape index (κ2) is 7.35. The summed E-state index contributed by atoms with van der Waals surface area (Å²) in [5.74, 6) is 0.229. The maximum absolute atomic E-state index is 9.71. The lowest BCUT2D eigenvalue weighted by molar-refractivity contribution is -0.0538. The summed E-state index contributed by atoms with van der Waals surface area (Å²) in [4.78, 5) is 0. The van der Waals surface area contributed by atoms with Crippen molar-refractivity contribution in [1.82, 2.24) is 15.4 Å². The van der Waals surface area contributed by atoms with Crippen LogP contribution in [0, 0.1) is 13.8 Å². The van der Waals surface area contributed by atoms with E-state index in [1.165, 1.54) is 0 Å². The number of aliphatic hydroxyl groups excluding tert-OH is 1. The molecule has 1 aromatic carbocycles. The highest BCUT2D eigenvalue weighted by Crippen LogP contribution is 2.36. The molecule has 1 aromatic heterocycles. The lowest BCUT2D eigenvalue weighted by Gasteiger charge is -2.18. The van der Waals surface area contributed by atoms with Crippen molar-refractivity contribution in [2.24, 2.45) is 0 Å². The zero-order chi connectivity index (χ0) is 16.3. The fourth-order valence-electron chi connectivity index (χ4n) is 2.19. The molecule has 0 spiro atoms. The normalized spacial score (nSPS) is 12.5. The first kappa shape index (κ1) is 17.1. The van der Waals surface area contributed by atoms with Gasteiger partial charge in [0.2, 0.25) is 0 Å². The minimum absolute atomic E-state index is 0.229. The number of hydrogen-bond donors (Lipinski definition) is 3. The van der Waals surface area contributed by atoms with Crippen LogP contribution in [0.1, 0.15) is 18.3 Å². The Balaban J connectivity index is 2.29. The molecule has 0 saturated heterocycles. The van der Waals surface area contributed by atoms with E-state index in [0.717, 1.165) is 17.1 Å². The highest BCUT2D eigenvalue weighted by molar-refractivity contribution is 6.37. The predicted octanol–water partition coefficient (Wildman–Crippen LogP) is 3.17. The highest BCUT2D eigenvalue weighted by atomic mass is 35.5. The Kier molecular flexibility index (Phi) is 5.72. The van der Waals surface area contributed by atoms with Crippen molar-refractivity contribution >= 4 is 23.2 Å². The van der Waals surface area contributed by atoms with Crippen molar-refractivity contribution in [3.05, 3.63) is 45.7 Å². The lowest BCUT2D eigenvalue weighted by atomic mass is 10.2. The van der Waals surface area contributed by atoms with E-state index in [1.807, 2.05) is 37.5 Å². The monoisotopic (exact) mass is 343 g/mol. The van der Waals surface area contributed by atoms with E-state index in [4.69, 9.17) is 27.9 Å². The van der Waals surface area contributed by atoms with E-state index in [2.05, 4.69) is 10.9 Å². The van der Waals surface area contributed by atoms with E-state index < -0.39 is 6.41 Å². The first-order valence-corrected chi connectivity index (χ1v) is 7.67. The number of aromatic nitrogens is 1. The number of aryl methyl sites for hydroxylation is 2. The Morgan fingerprint density at radius 2 is 1.73 bits per heavy atom. The zero-order valence-corrected chi connectivity index (χ0v) is 14.2. The number of nitrogens with zero attached hydrogens (tertiary/aromatic N) is 1. The molecule has 3 N–H and O–H groups in total. The van der Waals surface area contributed by atoms with Crippen LogP contribution in [0.25, 0.3) is 5.69 Å². The summed E-state index contributed by atoms with van der Waals surface area (Å²) in [6, 6.07) is 7.54. The van der Waals surface area contributed by atoms with Crippen LogP contribution in [0.15, 0.2) is 24.3 Å². The van der Waals surface area contributed by atoms with Crippen LogP contribution in [0.3, 0.4) is 0 Å². The average molecular weight is 344 g/mol. The average Bonchev–Trinajstić information content (AvgIpc) is 2.79. The molecular formula is C15H19Cl2N3O2. The van der Waals surface area contributed by atoms with Gasteiger partial charge in [0.15, 0.2) is 5.75 Å². The Morgan fingerprint density at radius 1 is 1.18 bits per heavy atom. The molecule has 1 heterocycles. The minimum Gasteiger partial charge on any atom is -0.447 e. The van der Waals surface area contributed by atoms with Gasteiger partial charge in [0.25, 0.3) is 6.41 Å². The molecule has 5 nitrogen and oxygen atoms in total. The van der Waals surface area contributed by atoms with Gasteiger partial charge in [0.05, 0.1) is 10.0 Å². The summed E-state index contributed by atoms with van der Waals surface area (Å²) >= 11 is 12.5. The predicted molar refractivity (Wildman–Crippen MR) is 88.7 cm³/mol. The summed E-state index contributed by atoms with van der Waals surface area (Å²) in [7, 11) is 0. The number of halogens is 2. The van der Waals surface area contributed by atoms with E-state index in [0.29, 0.717) is 16.6 Å². The van der Waals surface area contributed by atoms with E-state index in [9.17, 15) is 5.11 Å². The molecule has 0 fully saturated rings. The van der Waals surface area contributed by atoms with Crippen molar-refractivity contribution in [3.63, 3.8) is 0 Å². The summed E-state index contributed by atoms with van der Waals surface area (Å²) < 4.78 is 7.36. The summed E-state index contributed by atoms with van der Waals surface area (Å²) in [5, 5.41) is 10.4. The van der Waals surface area contributed by atoms with Crippen LogP contribution in [-0.2, 0) is 0 Å². The van der Waals surface area contributed by atoms with Crippen LogP contribution < -0.4 is 15.6 Å². The summed E-state index contributed by atoms with van der Waals surface area (Å²) in [6.07, 6.45) is -1.25. The first-order valence-electron chi connectivity index (χ1n) is 6.91. The third-order valence-corrected chi connectivity index (χ3v) is 3.71. The molecule has 0 amide bonds. The molecular weight excluding hydrogens is 325 g/mol. The van der Waals surface area contributed by atoms with Gasteiger partial charge < -0.3 is 14.4 Å². The third-order valence-electron chi connectivity index (χ3n) is 3.14. The maximum Gasteiger partial charge on any atom is 0.269 e. The van der Waals surface area contributed by atoms with Gasteiger partial charge in [-0.15, -0.1) is 0 Å². The number of rotatable bonds is 6. The molecule has 7 heteroatoms. The van der Waals surface area contributed by atoms with Crippen LogP contribution in [0.2, 0.25) is 10.0 Å². The molecule has 0 saturated carbocycles. The van der Waals surface area contributed by atoms with E-state index in [-0.39, 0.29) is 5.75 Å². The van der Waals surface area contributed by atoms with Crippen molar-refractivity contribution in [3.8, 4) is 11.4 Å². The van der Waals surface area contributed by atoms with Gasteiger partial charge in [-0.3, -0.25) is 5.43 Å². The first-order chi connectivity index (χ1) is 10.4. The minimum atomic E-state index is -1.25.